The van der Waals surface area contributed by atoms with Crippen LogP contribution >= 0.6 is 46.4 Å². The molecule has 0 unspecified atom stereocenters. The lowest BCUT2D eigenvalue weighted by Crippen LogP contribution is -2.44. The molecule has 0 aliphatic carbocycles. The van der Waals surface area contributed by atoms with Crippen molar-refractivity contribution in [1.82, 2.24) is 9.64 Å². The van der Waals surface area contributed by atoms with Crippen LogP contribution in [0, 0.1) is 0 Å². The molecule has 0 radical (unpaired) electrons. The molecule has 52 heavy (non-hydrogen) atoms. The largest absolute Gasteiger partial charge is 0.478 e. The minimum Gasteiger partial charge on any atom is -0.478 e. The maximum absolute atomic E-state index is 12.9. The van der Waals surface area contributed by atoms with Gasteiger partial charge in [-0.25, -0.2) is 14.2 Å². The second-order valence-corrected chi connectivity index (χ2v) is 14.8. The van der Waals surface area contributed by atoms with Crippen molar-refractivity contribution < 1.29 is 33.9 Å². The second kappa shape index (κ2) is 13.6. The Kier molecular flexibility index (Phi) is 9.40. The number of halogens is 4. The Morgan fingerprint density at radius 2 is 1.65 bits per heavy atom. The Morgan fingerprint density at radius 1 is 0.942 bits per heavy atom. The lowest BCUT2D eigenvalue weighted by atomic mass is 9.86. The summed E-state index contributed by atoms with van der Waals surface area (Å²) >= 11 is 26.5. The van der Waals surface area contributed by atoms with Crippen molar-refractivity contribution in [2.45, 2.75) is 52.0 Å². The predicted molar refractivity (Wildman–Crippen MR) is 200 cm³/mol. The van der Waals surface area contributed by atoms with Crippen molar-refractivity contribution in [3.8, 4) is 11.5 Å². The maximum Gasteiger partial charge on any atom is 0.337 e. The van der Waals surface area contributed by atoms with Gasteiger partial charge < -0.3 is 19.6 Å². The third kappa shape index (κ3) is 6.05. The number of hydrogen-bond acceptors (Lipinski definition) is 7. The van der Waals surface area contributed by atoms with E-state index in [-0.39, 0.29) is 56.0 Å². The van der Waals surface area contributed by atoms with E-state index in [0.29, 0.717) is 52.4 Å². The third-order valence-electron chi connectivity index (χ3n) is 9.69. The predicted octanol–water partition coefficient (Wildman–Crippen LogP) is 6.89. The summed E-state index contributed by atoms with van der Waals surface area (Å²) in [4.78, 5) is 56.4. The van der Waals surface area contributed by atoms with E-state index >= 15 is 0 Å². The molecular formula is C38H32Cl4N3O7+. The van der Waals surface area contributed by atoms with Crippen LogP contribution in [0.1, 0.15) is 79.1 Å². The van der Waals surface area contributed by atoms with E-state index in [0.717, 1.165) is 28.7 Å². The number of carboxylic acids is 1. The van der Waals surface area contributed by atoms with Gasteiger partial charge in [0, 0.05) is 65.0 Å². The molecule has 4 aliphatic heterocycles. The number of carboxylic acid groups (broad SMARTS) is 1. The number of carbonyl (C=O) groups excluding carboxylic acids is 3. The normalized spacial score (nSPS) is 16.8. The van der Waals surface area contributed by atoms with Gasteiger partial charge in [0.25, 0.3) is 11.8 Å². The minimum atomic E-state index is -1.33. The third-order valence-corrected chi connectivity index (χ3v) is 11.5. The van der Waals surface area contributed by atoms with Crippen molar-refractivity contribution in [3.05, 3.63) is 94.9 Å². The smallest absolute Gasteiger partial charge is 0.337 e. The highest BCUT2D eigenvalue weighted by molar-refractivity contribution is 6.53. The number of hydrogen-bond donors (Lipinski definition) is 1. The number of aromatic carboxylic acids is 1. The summed E-state index contributed by atoms with van der Waals surface area (Å²) in [5.74, 6) is -2.14. The molecule has 4 aliphatic rings. The average Bonchev–Trinajstić information content (AvgIpc) is 3.41. The van der Waals surface area contributed by atoms with E-state index in [1.165, 1.54) is 0 Å². The number of hydroxylamine groups is 2. The summed E-state index contributed by atoms with van der Waals surface area (Å²) in [5.41, 5.74) is 3.26. The highest BCUT2D eigenvalue weighted by Gasteiger charge is 2.36. The first-order chi connectivity index (χ1) is 24.7. The molecule has 2 amide bonds. The van der Waals surface area contributed by atoms with Gasteiger partial charge in [-0.2, -0.15) is 0 Å². The standard InChI is InChI=1S/C38H31Cl4N3O7/c1-4-44-24-18-26-22(16-20(24)11-12-38(44,2)3)30(31-32(37(49)50)34(40)36(42)35(41)33(31)39)21-15-19-7-5-13-43(23(19)17-25(21)51-26)14-6-8-29(48)52-45-27(46)9-10-28(45)47/h5,7,11-12,15-18H,4,6,8-10,13-14H2,1-3H3/p+1. The fourth-order valence-electron chi connectivity index (χ4n) is 7.21. The lowest BCUT2D eigenvalue weighted by Gasteiger charge is -2.42. The van der Waals surface area contributed by atoms with Gasteiger partial charge in [-0.15, -0.1) is 5.06 Å². The Hall–Kier alpha value is -4.35. The number of benzene rings is 3. The molecule has 7 rings (SSSR count). The van der Waals surface area contributed by atoms with E-state index in [1.54, 1.807) is 0 Å². The molecule has 0 aromatic heterocycles. The minimum absolute atomic E-state index is 0.0161. The lowest BCUT2D eigenvalue weighted by molar-refractivity contribution is -0.197. The summed E-state index contributed by atoms with van der Waals surface area (Å²) in [6.07, 6.45) is 8.50. The zero-order valence-electron chi connectivity index (χ0n) is 28.3. The molecule has 4 heterocycles. The molecule has 268 valence electrons. The van der Waals surface area contributed by atoms with Crippen molar-refractivity contribution >= 4 is 93.6 Å². The van der Waals surface area contributed by atoms with Gasteiger partial charge in [-0.1, -0.05) is 58.6 Å². The fourth-order valence-corrected chi connectivity index (χ4v) is 8.24. The molecule has 1 N–H and O–H groups in total. The number of ether oxygens (including phenoxy) is 1. The number of carbonyl (C=O) groups is 4. The maximum atomic E-state index is 12.9. The van der Waals surface area contributed by atoms with Gasteiger partial charge in [-0.05, 0) is 50.6 Å². The highest BCUT2D eigenvalue weighted by Crippen LogP contribution is 2.49. The number of anilines is 1. The number of amides is 2. The second-order valence-electron chi connectivity index (χ2n) is 13.3. The Bertz CT molecular complexity index is 2320. The Balaban J connectivity index is 1.40. The molecular weight excluding hydrogens is 752 g/mol. The van der Waals surface area contributed by atoms with Gasteiger partial charge in [-0.3, -0.25) is 9.59 Å². The first-order valence-electron chi connectivity index (χ1n) is 16.7. The van der Waals surface area contributed by atoms with Crippen LogP contribution in [0.3, 0.4) is 0 Å². The van der Waals surface area contributed by atoms with Crippen molar-refractivity contribution in [2.24, 2.45) is 0 Å². The number of rotatable bonds is 8. The van der Waals surface area contributed by atoms with Crippen molar-refractivity contribution in [3.63, 3.8) is 0 Å². The molecule has 1 saturated heterocycles. The van der Waals surface area contributed by atoms with Crippen LogP contribution < -0.4 is 24.8 Å². The summed E-state index contributed by atoms with van der Waals surface area (Å²) in [7, 11) is 0. The molecule has 0 saturated carbocycles. The first-order valence-corrected chi connectivity index (χ1v) is 18.2. The van der Waals surface area contributed by atoms with Gasteiger partial charge in [0.15, 0.2) is 6.54 Å². The molecule has 14 heteroatoms. The summed E-state index contributed by atoms with van der Waals surface area (Å²) in [5, 5.41) is 11.9. The molecule has 0 atom stereocenters. The Morgan fingerprint density at radius 3 is 2.35 bits per heavy atom. The fraction of sp³-hybridized carbons (Fsp3) is 0.289. The van der Waals surface area contributed by atoms with Crippen LogP contribution in [-0.4, -0.2) is 59.1 Å². The van der Waals surface area contributed by atoms with Crippen LogP contribution in [0.25, 0.3) is 17.7 Å². The zero-order valence-corrected chi connectivity index (χ0v) is 31.3. The van der Waals surface area contributed by atoms with E-state index in [4.69, 9.17) is 56.0 Å². The monoisotopic (exact) mass is 782 g/mol. The highest BCUT2D eigenvalue weighted by atomic mass is 35.5. The molecule has 0 spiro atoms. The van der Waals surface area contributed by atoms with Crippen LogP contribution in [0.2, 0.25) is 20.1 Å². The Labute approximate surface area is 318 Å². The van der Waals surface area contributed by atoms with Crippen LogP contribution in [0.5, 0.6) is 11.5 Å². The van der Waals surface area contributed by atoms with Crippen molar-refractivity contribution in [2.75, 3.05) is 24.5 Å². The topological polar surface area (TPSA) is 116 Å². The van der Waals surface area contributed by atoms with E-state index in [2.05, 4.69) is 36.3 Å². The first kappa shape index (κ1) is 36.0. The van der Waals surface area contributed by atoms with Gasteiger partial charge in [0.1, 0.15) is 18.0 Å². The zero-order chi connectivity index (χ0) is 37.2. The molecule has 3 aromatic rings. The van der Waals surface area contributed by atoms with Gasteiger partial charge in [0.05, 0.1) is 43.7 Å². The summed E-state index contributed by atoms with van der Waals surface area (Å²) in [6.45, 7) is 8.03. The number of fused-ring (bicyclic) bond motifs is 4. The molecule has 1 fully saturated rings. The SMILES string of the molecule is CCN1c2cc3c(cc2C=CC1(C)C)C(c1c(Cl)c(Cl)c(Cl)c(Cl)c1C(=O)O)=c1cc2c(cc1O3)=[N+](CCCC(=O)ON1C(=O)CCC1=O)CC=C2. The van der Waals surface area contributed by atoms with Crippen LogP contribution in [-0.2, 0) is 19.2 Å². The quantitative estimate of drug-likeness (QED) is 0.0890. The number of imide groups is 1. The number of likely N-dealkylation sites (N-methyl/N-ethyl adjacent to an activating group) is 1. The van der Waals surface area contributed by atoms with E-state index < -0.39 is 23.8 Å². The molecule has 0 bridgehead atoms. The average molecular weight is 784 g/mol. The summed E-state index contributed by atoms with van der Waals surface area (Å²) in [6, 6.07) is 7.69. The van der Waals surface area contributed by atoms with Crippen molar-refractivity contribution in [1.29, 1.82) is 0 Å². The van der Waals surface area contributed by atoms with Gasteiger partial charge in [0.2, 0.25) is 5.36 Å². The summed E-state index contributed by atoms with van der Waals surface area (Å²) < 4.78 is 8.75. The van der Waals surface area contributed by atoms with E-state index in [1.807, 2.05) is 42.5 Å². The van der Waals surface area contributed by atoms with Crippen LogP contribution in [0.15, 0.2) is 36.4 Å². The number of nitrogens with zero attached hydrogens (tertiary/aromatic N) is 3. The molecule has 10 nitrogen and oxygen atoms in total. The van der Waals surface area contributed by atoms with E-state index in [9.17, 15) is 24.3 Å². The van der Waals surface area contributed by atoms with Gasteiger partial charge >= 0.3 is 11.9 Å². The van der Waals surface area contributed by atoms with Crippen LogP contribution in [0.4, 0.5) is 5.69 Å². The molecule has 3 aromatic carbocycles.